The average Bonchev–Trinajstić information content (AvgIpc) is 3.11. The van der Waals surface area contributed by atoms with Crippen LogP contribution in [0.3, 0.4) is 0 Å². The van der Waals surface area contributed by atoms with E-state index < -0.39 is 0 Å². The Bertz CT molecular complexity index is 1200. The van der Waals surface area contributed by atoms with Crippen LogP contribution in [-0.2, 0) is 0 Å². The van der Waals surface area contributed by atoms with Gasteiger partial charge in [-0.2, -0.15) is 0 Å². The molecular weight excluding hydrogens is 396 g/mol. The summed E-state index contributed by atoms with van der Waals surface area (Å²) in [4.78, 5) is 22.6. The van der Waals surface area contributed by atoms with Gasteiger partial charge in [-0.1, -0.05) is 22.9 Å². The molecule has 3 aromatic heterocycles. The van der Waals surface area contributed by atoms with Crippen molar-refractivity contribution in [1.82, 2.24) is 14.3 Å². The zero-order valence-electron chi connectivity index (χ0n) is 15.4. The lowest BCUT2D eigenvalue weighted by Crippen LogP contribution is -2.28. The predicted molar refractivity (Wildman–Crippen MR) is 114 cm³/mol. The van der Waals surface area contributed by atoms with Crippen molar-refractivity contribution in [1.29, 1.82) is 0 Å². The van der Waals surface area contributed by atoms with E-state index in [1.54, 1.807) is 12.4 Å². The summed E-state index contributed by atoms with van der Waals surface area (Å²) >= 11 is 7.37. The minimum absolute atomic E-state index is 0.378. The quantitative estimate of drug-likeness (QED) is 0.464. The summed E-state index contributed by atoms with van der Waals surface area (Å²) < 4.78 is 8.15. The van der Waals surface area contributed by atoms with Gasteiger partial charge in [0.25, 0.3) is 0 Å². The third-order valence-electron chi connectivity index (χ3n) is 5.21. The number of anilines is 1. The third-order valence-corrected chi connectivity index (χ3v) is 6.32. The van der Waals surface area contributed by atoms with Crippen molar-refractivity contribution in [3.8, 4) is 11.3 Å². The smallest absolute Gasteiger partial charge is 0.345 e. The Morgan fingerprint density at radius 3 is 2.89 bits per heavy atom. The Balaban J connectivity index is 1.52. The van der Waals surface area contributed by atoms with E-state index >= 15 is 0 Å². The lowest BCUT2D eigenvalue weighted by molar-refractivity contribution is 0.360. The molecule has 144 valence electrons. The largest absolute Gasteiger partial charge is 0.422 e. The molecule has 1 aromatic carbocycles. The van der Waals surface area contributed by atoms with E-state index in [2.05, 4.69) is 27.9 Å². The summed E-state index contributed by atoms with van der Waals surface area (Å²) in [6.07, 6.45) is 4.71. The number of benzene rings is 1. The lowest BCUT2D eigenvalue weighted by atomic mass is 10.1. The van der Waals surface area contributed by atoms with Crippen LogP contribution in [0.15, 0.2) is 45.9 Å². The van der Waals surface area contributed by atoms with Crippen molar-refractivity contribution in [2.75, 3.05) is 38.1 Å². The van der Waals surface area contributed by atoms with E-state index in [1.165, 1.54) is 11.3 Å². The third kappa shape index (κ3) is 3.19. The van der Waals surface area contributed by atoms with Crippen molar-refractivity contribution >= 4 is 44.6 Å². The highest BCUT2D eigenvalue weighted by molar-refractivity contribution is 7.20. The summed E-state index contributed by atoms with van der Waals surface area (Å²) in [5, 5.41) is 0.889. The molecule has 28 heavy (non-hydrogen) atoms. The first-order valence-electron chi connectivity index (χ1n) is 9.23. The molecule has 6 nitrogen and oxygen atoms in total. The number of halogens is 1. The molecule has 8 heteroatoms. The first kappa shape index (κ1) is 17.7. The number of fused-ring (bicyclic) bond motifs is 2. The normalized spacial score (nSPS) is 16.1. The van der Waals surface area contributed by atoms with Gasteiger partial charge in [0, 0.05) is 49.2 Å². The molecule has 0 bridgehead atoms. The van der Waals surface area contributed by atoms with E-state index in [0.29, 0.717) is 21.2 Å². The van der Waals surface area contributed by atoms with E-state index in [-0.39, 0.29) is 5.63 Å². The Hall–Kier alpha value is -2.35. The summed E-state index contributed by atoms with van der Waals surface area (Å²) in [6, 6.07) is 7.94. The van der Waals surface area contributed by atoms with E-state index in [1.807, 2.05) is 22.6 Å². The molecule has 0 spiro atoms. The zero-order chi connectivity index (χ0) is 19.3. The second-order valence-corrected chi connectivity index (χ2v) is 8.81. The van der Waals surface area contributed by atoms with E-state index in [0.717, 1.165) is 48.6 Å². The SMILES string of the molecule is CN1CCCN(c2ccc3cc(-c4cn5cc(Cl)sc5n4)c(=O)oc3c2)CC1. The molecule has 0 radical (unpaired) electrons. The van der Waals surface area contributed by atoms with Gasteiger partial charge >= 0.3 is 5.63 Å². The number of hydrogen-bond acceptors (Lipinski definition) is 6. The van der Waals surface area contributed by atoms with Crippen LogP contribution in [0.4, 0.5) is 5.69 Å². The van der Waals surface area contributed by atoms with Crippen LogP contribution in [0.5, 0.6) is 0 Å². The molecule has 1 aliphatic rings. The monoisotopic (exact) mass is 414 g/mol. The van der Waals surface area contributed by atoms with Crippen LogP contribution in [0, 0.1) is 0 Å². The predicted octanol–water partition coefficient (Wildman–Crippen LogP) is 3.96. The van der Waals surface area contributed by atoms with Gasteiger partial charge in [-0.25, -0.2) is 9.78 Å². The van der Waals surface area contributed by atoms with Crippen LogP contribution < -0.4 is 10.5 Å². The number of aromatic nitrogens is 2. The van der Waals surface area contributed by atoms with Crippen molar-refractivity contribution in [3.05, 3.63) is 51.4 Å². The van der Waals surface area contributed by atoms with Gasteiger partial charge in [-0.15, -0.1) is 0 Å². The molecule has 0 N–H and O–H groups in total. The average molecular weight is 415 g/mol. The maximum atomic E-state index is 12.6. The summed E-state index contributed by atoms with van der Waals surface area (Å²) in [6.45, 7) is 4.11. The topological polar surface area (TPSA) is 54.0 Å². The van der Waals surface area contributed by atoms with Gasteiger partial charge < -0.3 is 14.2 Å². The number of nitrogens with zero attached hydrogens (tertiary/aromatic N) is 4. The lowest BCUT2D eigenvalue weighted by Gasteiger charge is -2.22. The van der Waals surface area contributed by atoms with E-state index in [9.17, 15) is 4.79 Å². The highest BCUT2D eigenvalue weighted by Crippen LogP contribution is 2.28. The van der Waals surface area contributed by atoms with Gasteiger partial charge in [0.2, 0.25) is 0 Å². The highest BCUT2D eigenvalue weighted by Gasteiger charge is 2.16. The van der Waals surface area contributed by atoms with Crippen molar-refractivity contribution in [3.63, 3.8) is 0 Å². The Labute approximate surface area is 170 Å². The van der Waals surface area contributed by atoms with Gasteiger partial charge in [0.1, 0.15) is 9.92 Å². The molecule has 0 amide bonds. The summed E-state index contributed by atoms with van der Waals surface area (Å²) in [7, 11) is 2.15. The number of likely N-dealkylation sites (N-methyl/N-ethyl adjacent to an activating group) is 1. The number of rotatable bonds is 2. The molecule has 0 atom stereocenters. The fourth-order valence-corrected chi connectivity index (χ4v) is 4.68. The summed E-state index contributed by atoms with van der Waals surface area (Å²) in [5.41, 5.74) is 2.38. The zero-order valence-corrected chi connectivity index (χ0v) is 17.0. The van der Waals surface area contributed by atoms with Gasteiger partial charge in [0.15, 0.2) is 4.96 Å². The molecule has 0 saturated carbocycles. The van der Waals surface area contributed by atoms with Crippen LogP contribution in [0.25, 0.3) is 27.2 Å². The second kappa shape index (κ2) is 6.92. The number of thiazole rings is 1. The molecular formula is C20H19ClN4O2S. The molecule has 5 rings (SSSR count). The molecule has 0 aliphatic carbocycles. The Kier molecular flexibility index (Phi) is 4.38. The van der Waals surface area contributed by atoms with Gasteiger partial charge in [-0.05, 0) is 38.2 Å². The maximum absolute atomic E-state index is 12.6. The van der Waals surface area contributed by atoms with Crippen molar-refractivity contribution < 1.29 is 4.42 Å². The number of hydrogen-bond donors (Lipinski definition) is 0. The van der Waals surface area contributed by atoms with Crippen LogP contribution in [0.2, 0.25) is 4.34 Å². The van der Waals surface area contributed by atoms with Crippen LogP contribution in [0.1, 0.15) is 6.42 Å². The summed E-state index contributed by atoms with van der Waals surface area (Å²) in [5.74, 6) is 0. The molecule has 4 heterocycles. The molecule has 1 fully saturated rings. The van der Waals surface area contributed by atoms with Crippen molar-refractivity contribution in [2.45, 2.75) is 6.42 Å². The standard InChI is InChI=1S/C20H19ClN4O2S/c1-23-5-2-6-24(8-7-23)14-4-3-13-9-15(19(26)27-17(13)10-14)16-11-25-12-18(21)28-20(25)22-16/h3-4,9-12H,2,5-8H2,1H3. The second-order valence-electron chi connectivity index (χ2n) is 7.16. The minimum Gasteiger partial charge on any atom is -0.422 e. The molecule has 1 saturated heterocycles. The number of imidazole rings is 1. The maximum Gasteiger partial charge on any atom is 0.345 e. The molecule has 4 aromatic rings. The van der Waals surface area contributed by atoms with Gasteiger partial charge in [-0.3, -0.25) is 4.40 Å². The fraction of sp³-hybridized carbons (Fsp3) is 0.300. The van der Waals surface area contributed by atoms with Crippen molar-refractivity contribution in [2.24, 2.45) is 0 Å². The first-order valence-corrected chi connectivity index (χ1v) is 10.4. The van der Waals surface area contributed by atoms with E-state index in [4.69, 9.17) is 16.0 Å². The Morgan fingerprint density at radius 1 is 1.14 bits per heavy atom. The van der Waals surface area contributed by atoms with Gasteiger partial charge in [0.05, 0.1) is 11.3 Å². The van der Waals surface area contributed by atoms with Crippen LogP contribution >= 0.6 is 22.9 Å². The Morgan fingerprint density at radius 2 is 2.04 bits per heavy atom. The minimum atomic E-state index is -0.378. The molecule has 0 unspecified atom stereocenters. The first-order chi connectivity index (χ1) is 13.6. The fourth-order valence-electron chi connectivity index (χ4n) is 3.68. The van der Waals surface area contributed by atoms with Crippen LogP contribution in [-0.4, -0.2) is 47.5 Å². The molecule has 1 aliphatic heterocycles. The highest BCUT2D eigenvalue weighted by atomic mass is 35.5.